The van der Waals surface area contributed by atoms with E-state index >= 15 is 0 Å². The minimum Gasteiger partial charge on any atom is -0.459 e. The van der Waals surface area contributed by atoms with E-state index in [0.29, 0.717) is 0 Å². The number of para-hydroxylation sites is 1. The molecule has 1 heterocycles. The Kier molecular flexibility index (Phi) is 2.94. The highest BCUT2D eigenvalue weighted by molar-refractivity contribution is 5.85. The van der Waals surface area contributed by atoms with Crippen LogP contribution in [0.4, 0.5) is 0 Å². The predicted octanol–water partition coefficient (Wildman–Crippen LogP) is 4.29. The van der Waals surface area contributed by atoms with Crippen LogP contribution in [0.15, 0.2) is 22.6 Å². The van der Waals surface area contributed by atoms with Crippen molar-refractivity contribution < 1.29 is 4.42 Å². The highest BCUT2D eigenvalue weighted by Crippen LogP contribution is 2.34. The molecule has 2 aromatic rings. The van der Waals surface area contributed by atoms with E-state index in [-0.39, 0.29) is 5.41 Å². The molecule has 0 radical (unpaired) electrons. The van der Waals surface area contributed by atoms with E-state index in [2.05, 4.69) is 51.2 Å². The Balaban J connectivity index is 2.03. The van der Waals surface area contributed by atoms with Crippen molar-refractivity contribution >= 4 is 11.0 Å². The molecule has 1 aliphatic rings. The van der Waals surface area contributed by atoms with Gasteiger partial charge in [-0.05, 0) is 30.7 Å². The topological polar surface area (TPSA) is 25.2 Å². The average molecular weight is 257 g/mol. The quantitative estimate of drug-likeness (QED) is 0.887. The normalized spacial score (nSPS) is 16.2. The Labute approximate surface area is 115 Å². The Hall–Kier alpha value is -1.28. The van der Waals surface area contributed by atoms with Gasteiger partial charge in [-0.2, -0.15) is 0 Å². The van der Waals surface area contributed by atoms with E-state index < -0.39 is 0 Å². The van der Waals surface area contributed by atoms with Gasteiger partial charge in [0, 0.05) is 17.0 Å². The summed E-state index contributed by atoms with van der Waals surface area (Å²) >= 11 is 0. The fourth-order valence-corrected chi connectivity index (χ4v) is 2.58. The van der Waals surface area contributed by atoms with Crippen LogP contribution in [0.5, 0.6) is 0 Å². The highest BCUT2D eigenvalue weighted by Gasteiger charge is 2.23. The number of rotatable bonds is 3. The van der Waals surface area contributed by atoms with Crippen molar-refractivity contribution in [1.82, 2.24) is 5.32 Å². The summed E-state index contributed by atoms with van der Waals surface area (Å²) < 4.78 is 6.17. The van der Waals surface area contributed by atoms with Gasteiger partial charge < -0.3 is 9.73 Å². The molecule has 102 valence electrons. The molecule has 2 nitrogen and oxygen atoms in total. The van der Waals surface area contributed by atoms with Gasteiger partial charge in [0.2, 0.25) is 0 Å². The standard InChI is InChI=1S/C17H23NO/c1-11-13-6-5-7-14(17(2,3)4)16(13)19-15(11)10-18-12-8-9-12/h5-7,12,18H,8-10H2,1-4H3. The molecule has 0 bridgehead atoms. The second-order valence-electron chi connectivity index (χ2n) is 6.74. The summed E-state index contributed by atoms with van der Waals surface area (Å²) in [6.45, 7) is 9.74. The summed E-state index contributed by atoms with van der Waals surface area (Å²) in [6.07, 6.45) is 2.62. The first kappa shape index (κ1) is 12.7. The van der Waals surface area contributed by atoms with Crippen LogP contribution in [0, 0.1) is 6.92 Å². The first-order chi connectivity index (χ1) is 8.97. The van der Waals surface area contributed by atoms with Gasteiger partial charge in [0.15, 0.2) is 0 Å². The number of benzene rings is 1. The minimum atomic E-state index is 0.116. The maximum atomic E-state index is 6.17. The molecule has 0 unspecified atom stereocenters. The van der Waals surface area contributed by atoms with Crippen molar-refractivity contribution in [3.05, 3.63) is 35.1 Å². The zero-order chi connectivity index (χ0) is 13.6. The molecule has 1 aromatic carbocycles. The molecule has 0 saturated heterocycles. The van der Waals surface area contributed by atoms with Gasteiger partial charge in [-0.15, -0.1) is 0 Å². The molecule has 0 amide bonds. The van der Waals surface area contributed by atoms with Gasteiger partial charge in [0.1, 0.15) is 11.3 Å². The minimum absolute atomic E-state index is 0.116. The first-order valence-electron chi connectivity index (χ1n) is 7.21. The zero-order valence-corrected chi connectivity index (χ0v) is 12.3. The van der Waals surface area contributed by atoms with E-state index in [1.54, 1.807) is 0 Å². The number of fused-ring (bicyclic) bond motifs is 1. The molecule has 1 saturated carbocycles. The van der Waals surface area contributed by atoms with E-state index in [0.717, 1.165) is 23.9 Å². The predicted molar refractivity (Wildman–Crippen MR) is 79.5 cm³/mol. The highest BCUT2D eigenvalue weighted by atomic mass is 16.3. The third-order valence-electron chi connectivity index (χ3n) is 4.00. The molecular formula is C17H23NO. The van der Waals surface area contributed by atoms with Crippen molar-refractivity contribution in [3.8, 4) is 0 Å². The molecule has 1 aliphatic carbocycles. The van der Waals surface area contributed by atoms with Crippen molar-refractivity contribution in [2.45, 2.75) is 58.5 Å². The molecule has 19 heavy (non-hydrogen) atoms. The van der Waals surface area contributed by atoms with Crippen LogP contribution in [-0.4, -0.2) is 6.04 Å². The summed E-state index contributed by atoms with van der Waals surface area (Å²) in [6, 6.07) is 7.21. The van der Waals surface area contributed by atoms with Crippen LogP contribution < -0.4 is 5.32 Å². The average Bonchev–Trinajstić information content (AvgIpc) is 3.11. The molecule has 0 aliphatic heterocycles. The molecule has 2 heteroatoms. The summed E-state index contributed by atoms with van der Waals surface area (Å²) in [5, 5.41) is 4.80. The Morgan fingerprint density at radius 1 is 1.26 bits per heavy atom. The molecule has 0 atom stereocenters. The zero-order valence-electron chi connectivity index (χ0n) is 12.3. The maximum absolute atomic E-state index is 6.17. The third-order valence-corrected chi connectivity index (χ3v) is 4.00. The van der Waals surface area contributed by atoms with Gasteiger partial charge in [0.25, 0.3) is 0 Å². The van der Waals surface area contributed by atoms with Crippen LogP contribution >= 0.6 is 0 Å². The van der Waals surface area contributed by atoms with E-state index in [4.69, 9.17) is 4.42 Å². The van der Waals surface area contributed by atoms with Crippen molar-refractivity contribution in [3.63, 3.8) is 0 Å². The second-order valence-corrected chi connectivity index (χ2v) is 6.74. The lowest BCUT2D eigenvalue weighted by atomic mass is 9.86. The van der Waals surface area contributed by atoms with Gasteiger partial charge in [-0.25, -0.2) is 0 Å². The van der Waals surface area contributed by atoms with Crippen LogP contribution in [0.3, 0.4) is 0 Å². The summed E-state index contributed by atoms with van der Waals surface area (Å²) in [5.41, 5.74) is 3.77. The lowest BCUT2D eigenvalue weighted by Gasteiger charge is -2.18. The maximum Gasteiger partial charge on any atom is 0.138 e. The van der Waals surface area contributed by atoms with E-state index in [9.17, 15) is 0 Å². The molecule has 0 spiro atoms. The molecular weight excluding hydrogens is 234 g/mol. The van der Waals surface area contributed by atoms with Crippen LogP contribution in [-0.2, 0) is 12.0 Å². The van der Waals surface area contributed by atoms with E-state index in [1.807, 2.05) is 0 Å². The lowest BCUT2D eigenvalue weighted by molar-refractivity contribution is 0.496. The van der Waals surface area contributed by atoms with Gasteiger partial charge in [-0.1, -0.05) is 39.0 Å². The lowest BCUT2D eigenvalue weighted by Crippen LogP contribution is -2.15. The van der Waals surface area contributed by atoms with Crippen molar-refractivity contribution in [1.29, 1.82) is 0 Å². The number of nitrogens with one attached hydrogen (secondary N) is 1. The third kappa shape index (κ3) is 2.42. The number of aryl methyl sites for hydroxylation is 1. The van der Waals surface area contributed by atoms with Crippen molar-refractivity contribution in [2.24, 2.45) is 0 Å². The number of hydrogen-bond donors (Lipinski definition) is 1. The Morgan fingerprint density at radius 3 is 2.63 bits per heavy atom. The van der Waals surface area contributed by atoms with Crippen LogP contribution in [0.2, 0.25) is 0 Å². The van der Waals surface area contributed by atoms with Gasteiger partial charge in [0.05, 0.1) is 6.54 Å². The van der Waals surface area contributed by atoms with Crippen LogP contribution in [0.25, 0.3) is 11.0 Å². The Bertz CT molecular complexity index is 599. The van der Waals surface area contributed by atoms with E-state index in [1.165, 1.54) is 29.4 Å². The summed E-state index contributed by atoms with van der Waals surface area (Å²) in [5.74, 6) is 1.10. The summed E-state index contributed by atoms with van der Waals surface area (Å²) in [7, 11) is 0. The SMILES string of the molecule is Cc1c(CNC2CC2)oc2c(C(C)(C)C)cccc12. The number of furan rings is 1. The van der Waals surface area contributed by atoms with Gasteiger partial charge in [-0.3, -0.25) is 0 Å². The fourth-order valence-electron chi connectivity index (χ4n) is 2.58. The largest absolute Gasteiger partial charge is 0.459 e. The smallest absolute Gasteiger partial charge is 0.138 e. The second kappa shape index (κ2) is 4.38. The van der Waals surface area contributed by atoms with Crippen molar-refractivity contribution in [2.75, 3.05) is 0 Å². The molecule has 1 aromatic heterocycles. The molecule has 3 rings (SSSR count). The molecule has 1 fully saturated rings. The fraction of sp³-hybridized carbons (Fsp3) is 0.529. The Morgan fingerprint density at radius 2 is 2.00 bits per heavy atom. The summed E-state index contributed by atoms with van der Waals surface area (Å²) in [4.78, 5) is 0. The first-order valence-corrected chi connectivity index (χ1v) is 7.21. The molecule has 1 N–H and O–H groups in total. The number of hydrogen-bond acceptors (Lipinski definition) is 2. The van der Waals surface area contributed by atoms with Crippen LogP contribution in [0.1, 0.15) is 50.5 Å². The van der Waals surface area contributed by atoms with Gasteiger partial charge >= 0.3 is 0 Å². The monoisotopic (exact) mass is 257 g/mol.